The Morgan fingerprint density at radius 3 is 2.92 bits per heavy atom. The Morgan fingerprint density at radius 2 is 2.17 bits per heavy atom. The number of hydrogen-bond donors (Lipinski definition) is 2. The van der Waals surface area contributed by atoms with Crippen molar-refractivity contribution in [3.63, 3.8) is 0 Å². The number of halogens is 1. The molecule has 0 saturated carbocycles. The molecule has 1 fully saturated rings. The predicted octanol–water partition coefficient (Wildman–Crippen LogP) is 4.00. The van der Waals surface area contributed by atoms with Crippen LogP contribution >= 0.6 is 33.9 Å². The van der Waals surface area contributed by atoms with Gasteiger partial charge in [0.25, 0.3) is 0 Å². The highest BCUT2D eigenvalue weighted by Crippen LogP contribution is 2.29. The van der Waals surface area contributed by atoms with Crippen LogP contribution in [-0.2, 0) is 4.79 Å². The molecule has 24 heavy (non-hydrogen) atoms. The van der Waals surface area contributed by atoms with Crippen LogP contribution in [0.5, 0.6) is 0 Å². The van der Waals surface area contributed by atoms with Gasteiger partial charge in [0.15, 0.2) is 0 Å². The molecule has 3 aromatic rings. The summed E-state index contributed by atoms with van der Waals surface area (Å²) in [5.41, 5.74) is 2.80. The molecule has 0 radical (unpaired) electrons. The second kappa shape index (κ2) is 6.81. The number of carbonyl (C=O) groups excluding carboxylic acids is 1. The van der Waals surface area contributed by atoms with E-state index in [9.17, 15) is 4.79 Å². The topological polar surface area (TPSA) is 61.0 Å². The number of H-pyrrole nitrogens is 1. The van der Waals surface area contributed by atoms with Crippen LogP contribution in [0.2, 0.25) is 0 Å². The van der Waals surface area contributed by atoms with Gasteiger partial charge in [0.2, 0.25) is 5.91 Å². The van der Waals surface area contributed by atoms with Crippen molar-refractivity contribution in [2.24, 2.45) is 0 Å². The summed E-state index contributed by atoms with van der Waals surface area (Å²) in [5, 5.41) is 15.4. The van der Waals surface area contributed by atoms with Crippen molar-refractivity contribution in [3.05, 3.63) is 44.3 Å². The number of aromatic nitrogens is 2. The van der Waals surface area contributed by atoms with Crippen molar-refractivity contribution < 1.29 is 4.79 Å². The fourth-order valence-corrected chi connectivity index (χ4v) is 4.46. The van der Waals surface area contributed by atoms with Crippen molar-refractivity contribution in [2.45, 2.75) is 18.9 Å². The molecule has 2 N–H and O–H groups in total. The standard InChI is InChI=1S/C17H17IN4OS/c18-16-13-9-12(3-4-14(13)20-21-16)19-17(23)15(11-5-8-24-10-11)22-6-1-2-7-22/h3-5,8-10,15H,1-2,6-7H2,(H,19,23)(H,20,21). The van der Waals surface area contributed by atoms with Gasteiger partial charge in [-0.3, -0.25) is 14.8 Å². The number of fused-ring (bicyclic) bond motifs is 1. The summed E-state index contributed by atoms with van der Waals surface area (Å²) in [5.74, 6) is 0.0353. The van der Waals surface area contributed by atoms with E-state index in [1.54, 1.807) is 11.3 Å². The van der Waals surface area contributed by atoms with Gasteiger partial charge in [0.1, 0.15) is 9.74 Å². The summed E-state index contributed by atoms with van der Waals surface area (Å²) in [6, 6.07) is 7.66. The normalized spacial score (nSPS) is 16.5. The Labute approximate surface area is 157 Å². The molecule has 1 aromatic carbocycles. The first-order chi connectivity index (χ1) is 11.7. The third-order valence-corrected chi connectivity index (χ3v) is 5.91. The van der Waals surface area contributed by atoms with Gasteiger partial charge < -0.3 is 5.32 Å². The van der Waals surface area contributed by atoms with E-state index in [0.717, 1.165) is 51.8 Å². The summed E-state index contributed by atoms with van der Waals surface area (Å²) in [4.78, 5) is 15.3. The summed E-state index contributed by atoms with van der Waals surface area (Å²) in [6.45, 7) is 1.96. The first kappa shape index (κ1) is 16.0. The molecule has 1 aliphatic heterocycles. The maximum absolute atomic E-state index is 13.0. The zero-order valence-electron chi connectivity index (χ0n) is 13.0. The number of likely N-dealkylation sites (tertiary alicyclic amines) is 1. The van der Waals surface area contributed by atoms with Gasteiger partial charge in [-0.1, -0.05) is 0 Å². The first-order valence-electron chi connectivity index (χ1n) is 7.93. The molecular weight excluding hydrogens is 435 g/mol. The molecule has 1 atom stereocenters. The van der Waals surface area contributed by atoms with Gasteiger partial charge in [-0.15, -0.1) is 0 Å². The number of anilines is 1. The molecule has 1 saturated heterocycles. The van der Waals surface area contributed by atoms with Crippen LogP contribution in [0, 0.1) is 3.70 Å². The molecule has 5 nitrogen and oxygen atoms in total. The number of thiophene rings is 1. The van der Waals surface area contributed by atoms with E-state index in [1.807, 2.05) is 23.6 Å². The number of rotatable bonds is 4. The monoisotopic (exact) mass is 452 g/mol. The van der Waals surface area contributed by atoms with Crippen LogP contribution < -0.4 is 5.32 Å². The van der Waals surface area contributed by atoms with Gasteiger partial charge in [-0.05, 0) is 89.1 Å². The highest BCUT2D eigenvalue weighted by molar-refractivity contribution is 14.1. The summed E-state index contributed by atoms with van der Waals surface area (Å²) < 4.78 is 0.979. The molecule has 2 aromatic heterocycles. The molecular formula is C17H17IN4OS. The minimum atomic E-state index is -0.210. The second-order valence-electron chi connectivity index (χ2n) is 5.96. The van der Waals surface area contributed by atoms with Crippen molar-refractivity contribution >= 4 is 56.4 Å². The van der Waals surface area contributed by atoms with Crippen LogP contribution in [0.4, 0.5) is 5.69 Å². The van der Waals surface area contributed by atoms with Crippen molar-refractivity contribution in [1.29, 1.82) is 0 Å². The number of nitrogens with zero attached hydrogens (tertiary/aromatic N) is 2. The van der Waals surface area contributed by atoms with Crippen LogP contribution in [0.25, 0.3) is 10.9 Å². The number of amides is 1. The van der Waals surface area contributed by atoms with E-state index in [4.69, 9.17) is 0 Å². The molecule has 124 valence electrons. The maximum atomic E-state index is 13.0. The van der Waals surface area contributed by atoms with Crippen LogP contribution in [0.15, 0.2) is 35.0 Å². The fourth-order valence-electron chi connectivity index (χ4n) is 3.23. The van der Waals surface area contributed by atoms with Gasteiger partial charge in [-0.2, -0.15) is 16.4 Å². The zero-order valence-corrected chi connectivity index (χ0v) is 15.9. The Morgan fingerprint density at radius 1 is 1.33 bits per heavy atom. The quantitative estimate of drug-likeness (QED) is 0.589. The maximum Gasteiger partial charge on any atom is 0.246 e. The smallest absolute Gasteiger partial charge is 0.246 e. The predicted molar refractivity (Wildman–Crippen MR) is 105 cm³/mol. The van der Waals surface area contributed by atoms with Gasteiger partial charge >= 0.3 is 0 Å². The van der Waals surface area contributed by atoms with Crippen molar-refractivity contribution in [2.75, 3.05) is 18.4 Å². The van der Waals surface area contributed by atoms with E-state index >= 15 is 0 Å². The van der Waals surface area contributed by atoms with Crippen molar-refractivity contribution in [1.82, 2.24) is 15.1 Å². The first-order valence-corrected chi connectivity index (χ1v) is 9.95. The van der Waals surface area contributed by atoms with Crippen molar-refractivity contribution in [3.8, 4) is 0 Å². The summed E-state index contributed by atoms with van der Waals surface area (Å²) in [6.07, 6.45) is 2.32. The molecule has 0 bridgehead atoms. The third kappa shape index (κ3) is 3.07. The Bertz CT molecular complexity index is 855. The highest BCUT2D eigenvalue weighted by atomic mass is 127. The summed E-state index contributed by atoms with van der Waals surface area (Å²) in [7, 11) is 0. The fraction of sp³-hybridized carbons (Fsp3) is 0.294. The van der Waals surface area contributed by atoms with Crippen LogP contribution in [0.3, 0.4) is 0 Å². The molecule has 1 aliphatic rings. The van der Waals surface area contributed by atoms with E-state index < -0.39 is 0 Å². The van der Waals surface area contributed by atoms with E-state index in [2.05, 4.69) is 54.5 Å². The van der Waals surface area contributed by atoms with Crippen LogP contribution in [0.1, 0.15) is 24.4 Å². The Hall–Kier alpha value is -1.45. The zero-order chi connectivity index (χ0) is 16.5. The largest absolute Gasteiger partial charge is 0.324 e. The lowest BCUT2D eigenvalue weighted by Gasteiger charge is -2.26. The average molecular weight is 452 g/mol. The number of carbonyl (C=O) groups is 1. The summed E-state index contributed by atoms with van der Waals surface area (Å²) >= 11 is 3.85. The van der Waals surface area contributed by atoms with Gasteiger partial charge in [0, 0.05) is 11.1 Å². The lowest BCUT2D eigenvalue weighted by molar-refractivity contribution is -0.121. The number of nitrogens with one attached hydrogen (secondary N) is 2. The average Bonchev–Trinajstić information content (AvgIpc) is 3.32. The molecule has 0 aliphatic carbocycles. The van der Waals surface area contributed by atoms with E-state index in [1.165, 1.54) is 0 Å². The van der Waals surface area contributed by atoms with E-state index in [-0.39, 0.29) is 11.9 Å². The van der Waals surface area contributed by atoms with E-state index in [0.29, 0.717) is 0 Å². The Kier molecular flexibility index (Phi) is 4.55. The lowest BCUT2D eigenvalue weighted by Crippen LogP contribution is -2.35. The molecule has 4 rings (SSSR count). The van der Waals surface area contributed by atoms with Gasteiger partial charge in [0.05, 0.1) is 5.52 Å². The number of benzene rings is 1. The Balaban J connectivity index is 1.60. The molecule has 3 heterocycles. The number of hydrogen-bond acceptors (Lipinski definition) is 4. The van der Waals surface area contributed by atoms with Gasteiger partial charge in [-0.25, -0.2) is 0 Å². The minimum absolute atomic E-state index is 0.0353. The molecule has 7 heteroatoms. The SMILES string of the molecule is O=C(Nc1ccc2n[nH]c(I)c2c1)C(c1ccsc1)N1CCCC1. The third-order valence-electron chi connectivity index (χ3n) is 4.39. The highest BCUT2D eigenvalue weighted by Gasteiger charge is 2.30. The number of aromatic amines is 1. The molecule has 1 amide bonds. The molecule has 1 unspecified atom stereocenters. The molecule has 0 spiro atoms. The lowest BCUT2D eigenvalue weighted by atomic mass is 10.1. The second-order valence-corrected chi connectivity index (χ2v) is 7.82. The van der Waals surface area contributed by atoms with Crippen LogP contribution in [-0.4, -0.2) is 34.1 Å². The minimum Gasteiger partial charge on any atom is -0.324 e.